The third kappa shape index (κ3) is 4.24. The molecule has 9 heteroatoms. The number of benzene rings is 2. The number of hydrogen-bond donors (Lipinski definition) is 2. The van der Waals surface area contributed by atoms with Gasteiger partial charge in [0.15, 0.2) is 0 Å². The molecule has 7 nitrogen and oxygen atoms in total. The number of aryl methyl sites for hydroxylation is 1. The van der Waals surface area contributed by atoms with Crippen LogP contribution in [0.4, 0.5) is 10.8 Å². The third-order valence-electron chi connectivity index (χ3n) is 3.42. The Bertz CT molecular complexity index is 1020. The highest BCUT2D eigenvalue weighted by molar-refractivity contribution is 7.92. The summed E-state index contributed by atoms with van der Waals surface area (Å²) in [5.74, 6) is -0.385. The van der Waals surface area contributed by atoms with E-state index in [-0.39, 0.29) is 10.8 Å². The topological polar surface area (TPSA) is 101 Å². The molecule has 0 aliphatic carbocycles. The molecule has 0 aliphatic rings. The minimum absolute atomic E-state index is 0.149. The minimum Gasteiger partial charge on any atom is -0.296 e. The number of aromatic nitrogens is 2. The van der Waals surface area contributed by atoms with Gasteiger partial charge >= 0.3 is 0 Å². The van der Waals surface area contributed by atoms with Crippen LogP contribution in [0.15, 0.2) is 59.5 Å². The van der Waals surface area contributed by atoms with E-state index in [1.54, 1.807) is 36.4 Å². The molecule has 0 saturated heterocycles. The standard InChI is InChI=1S/C17H16N4O3S2/c1-2-15-19-20-17(25-15)18-16(22)12-7-6-8-13(11-12)21-26(23,24)14-9-4-3-5-10-14/h3-11,21H,2H2,1H3,(H,18,20,22). The molecule has 1 aromatic heterocycles. The van der Waals surface area contributed by atoms with Crippen molar-refractivity contribution in [1.82, 2.24) is 10.2 Å². The molecule has 3 aromatic rings. The molecule has 0 saturated carbocycles. The molecule has 2 N–H and O–H groups in total. The molecule has 134 valence electrons. The zero-order valence-corrected chi connectivity index (χ0v) is 15.5. The van der Waals surface area contributed by atoms with Gasteiger partial charge in [-0.1, -0.05) is 42.5 Å². The summed E-state index contributed by atoms with van der Waals surface area (Å²) >= 11 is 1.30. The molecule has 26 heavy (non-hydrogen) atoms. The van der Waals surface area contributed by atoms with Gasteiger partial charge in [-0.15, -0.1) is 10.2 Å². The summed E-state index contributed by atoms with van der Waals surface area (Å²) in [4.78, 5) is 12.5. The Morgan fingerprint density at radius 3 is 2.54 bits per heavy atom. The Hall–Kier alpha value is -2.78. The van der Waals surface area contributed by atoms with Crippen molar-refractivity contribution >= 4 is 38.1 Å². The van der Waals surface area contributed by atoms with Crippen LogP contribution >= 0.6 is 11.3 Å². The number of hydrogen-bond acceptors (Lipinski definition) is 6. The van der Waals surface area contributed by atoms with Crippen molar-refractivity contribution in [2.75, 3.05) is 10.0 Å². The Kier molecular flexibility index (Phi) is 5.29. The van der Waals surface area contributed by atoms with E-state index in [9.17, 15) is 13.2 Å². The largest absolute Gasteiger partial charge is 0.296 e. The number of sulfonamides is 1. The van der Waals surface area contributed by atoms with Crippen molar-refractivity contribution in [3.63, 3.8) is 0 Å². The first-order valence-electron chi connectivity index (χ1n) is 7.79. The third-order valence-corrected chi connectivity index (χ3v) is 5.80. The summed E-state index contributed by atoms with van der Waals surface area (Å²) in [7, 11) is -3.72. The van der Waals surface area contributed by atoms with Crippen LogP contribution < -0.4 is 10.0 Å². The van der Waals surface area contributed by atoms with E-state index in [0.29, 0.717) is 16.4 Å². The summed E-state index contributed by atoms with van der Waals surface area (Å²) < 4.78 is 27.2. The van der Waals surface area contributed by atoms with Crippen molar-refractivity contribution in [2.45, 2.75) is 18.2 Å². The van der Waals surface area contributed by atoms with Gasteiger partial charge < -0.3 is 0 Å². The Morgan fingerprint density at radius 2 is 1.85 bits per heavy atom. The van der Waals surface area contributed by atoms with Crippen molar-refractivity contribution in [3.8, 4) is 0 Å². The van der Waals surface area contributed by atoms with Gasteiger partial charge in [-0.25, -0.2) is 8.42 Å². The van der Waals surface area contributed by atoms with Crippen molar-refractivity contribution in [2.24, 2.45) is 0 Å². The van der Waals surface area contributed by atoms with Crippen LogP contribution in [0.1, 0.15) is 22.3 Å². The molecule has 0 atom stereocenters. The smallest absolute Gasteiger partial charge is 0.261 e. The van der Waals surface area contributed by atoms with Crippen LogP contribution in [-0.4, -0.2) is 24.5 Å². The first kappa shape index (κ1) is 18.0. The predicted octanol–water partition coefficient (Wildman–Crippen LogP) is 3.15. The average Bonchev–Trinajstić information content (AvgIpc) is 3.10. The quantitative estimate of drug-likeness (QED) is 0.675. The predicted molar refractivity (Wildman–Crippen MR) is 101 cm³/mol. The van der Waals surface area contributed by atoms with Crippen molar-refractivity contribution in [1.29, 1.82) is 0 Å². The summed E-state index contributed by atoms with van der Waals surface area (Å²) in [5.41, 5.74) is 0.611. The molecule has 0 spiro atoms. The van der Waals surface area contributed by atoms with E-state index < -0.39 is 10.0 Å². The highest BCUT2D eigenvalue weighted by atomic mass is 32.2. The summed E-state index contributed by atoms with van der Waals surface area (Å²) in [6.07, 6.45) is 0.740. The molecule has 1 amide bonds. The molecule has 2 aromatic carbocycles. The highest BCUT2D eigenvalue weighted by Gasteiger charge is 2.15. The fraction of sp³-hybridized carbons (Fsp3) is 0.118. The number of rotatable bonds is 6. The molecular weight excluding hydrogens is 372 g/mol. The van der Waals surface area contributed by atoms with Crippen LogP contribution in [0.2, 0.25) is 0 Å². The van der Waals surface area contributed by atoms with E-state index in [4.69, 9.17) is 0 Å². The van der Waals surface area contributed by atoms with Gasteiger partial charge in [0, 0.05) is 11.3 Å². The van der Waals surface area contributed by atoms with Gasteiger partial charge in [0.25, 0.3) is 15.9 Å². The van der Waals surface area contributed by atoms with Crippen LogP contribution in [0.3, 0.4) is 0 Å². The van der Waals surface area contributed by atoms with Gasteiger partial charge in [0.2, 0.25) is 5.13 Å². The van der Waals surface area contributed by atoms with Gasteiger partial charge in [-0.2, -0.15) is 0 Å². The molecule has 0 aliphatic heterocycles. The lowest BCUT2D eigenvalue weighted by molar-refractivity contribution is 0.102. The van der Waals surface area contributed by atoms with Gasteiger partial charge in [-0.05, 0) is 36.8 Å². The Morgan fingerprint density at radius 1 is 1.08 bits per heavy atom. The Balaban J connectivity index is 1.76. The number of carbonyl (C=O) groups is 1. The lowest BCUT2D eigenvalue weighted by Crippen LogP contribution is -2.15. The summed E-state index contributed by atoms with van der Waals surface area (Å²) in [5, 5.41) is 11.7. The number of nitrogens with zero attached hydrogens (tertiary/aromatic N) is 2. The monoisotopic (exact) mass is 388 g/mol. The SMILES string of the molecule is CCc1nnc(NC(=O)c2cccc(NS(=O)(=O)c3ccccc3)c2)s1. The fourth-order valence-electron chi connectivity index (χ4n) is 2.15. The first-order valence-corrected chi connectivity index (χ1v) is 10.1. The van der Waals surface area contributed by atoms with Crippen molar-refractivity contribution in [3.05, 3.63) is 65.2 Å². The second-order valence-corrected chi connectivity index (χ2v) is 8.05. The number of carbonyl (C=O) groups excluding carboxylic acids is 1. The zero-order chi connectivity index (χ0) is 18.6. The maximum absolute atomic E-state index is 12.4. The maximum atomic E-state index is 12.4. The van der Waals surface area contributed by atoms with E-state index in [2.05, 4.69) is 20.2 Å². The molecule has 1 heterocycles. The molecule has 0 bridgehead atoms. The normalized spacial score (nSPS) is 11.1. The summed E-state index contributed by atoms with van der Waals surface area (Å²) in [6.45, 7) is 1.95. The second kappa shape index (κ2) is 7.63. The molecule has 0 unspecified atom stereocenters. The van der Waals surface area contributed by atoms with Crippen molar-refractivity contribution < 1.29 is 13.2 Å². The highest BCUT2D eigenvalue weighted by Crippen LogP contribution is 2.19. The fourth-order valence-corrected chi connectivity index (χ4v) is 3.90. The average molecular weight is 388 g/mol. The van der Waals surface area contributed by atoms with E-state index >= 15 is 0 Å². The number of amides is 1. The maximum Gasteiger partial charge on any atom is 0.261 e. The zero-order valence-electron chi connectivity index (χ0n) is 13.8. The van der Waals surface area contributed by atoms with Gasteiger partial charge in [0.1, 0.15) is 5.01 Å². The lowest BCUT2D eigenvalue weighted by Gasteiger charge is -2.09. The van der Waals surface area contributed by atoms with E-state index in [0.717, 1.165) is 11.4 Å². The van der Waals surface area contributed by atoms with Crippen LogP contribution in [-0.2, 0) is 16.4 Å². The molecule has 0 radical (unpaired) electrons. The molecule has 3 rings (SSSR count). The van der Waals surface area contributed by atoms with E-state index in [1.807, 2.05) is 6.92 Å². The van der Waals surface area contributed by atoms with Gasteiger partial charge in [0.05, 0.1) is 4.90 Å². The number of anilines is 2. The first-order chi connectivity index (χ1) is 12.5. The van der Waals surface area contributed by atoms with Crippen LogP contribution in [0, 0.1) is 0 Å². The lowest BCUT2D eigenvalue weighted by atomic mass is 10.2. The van der Waals surface area contributed by atoms with Crippen LogP contribution in [0.25, 0.3) is 0 Å². The molecular formula is C17H16N4O3S2. The summed E-state index contributed by atoms with van der Waals surface area (Å²) in [6, 6.07) is 14.3. The van der Waals surface area contributed by atoms with E-state index in [1.165, 1.54) is 29.5 Å². The number of nitrogens with one attached hydrogen (secondary N) is 2. The van der Waals surface area contributed by atoms with Gasteiger partial charge in [-0.3, -0.25) is 14.8 Å². The van der Waals surface area contributed by atoms with Crippen LogP contribution in [0.5, 0.6) is 0 Å². The minimum atomic E-state index is -3.72. The Labute approximate surface area is 155 Å². The molecule has 0 fully saturated rings. The second-order valence-electron chi connectivity index (χ2n) is 5.31.